The van der Waals surface area contributed by atoms with Crippen molar-refractivity contribution in [2.24, 2.45) is 0 Å². The van der Waals surface area contributed by atoms with Crippen LogP contribution in [0.5, 0.6) is 0 Å². The van der Waals surface area contributed by atoms with E-state index in [1.807, 2.05) is 43.3 Å². The van der Waals surface area contributed by atoms with Gasteiger partial charge in [0.05, 0.1) is 28.0 Å². The fourth-order valence-electron chi connectivity index (χ4n) is 3.47. The number of aryl methyl sites for hydroxylation is 1. The number of amides is 1. The summed E-state index contributed by atoms with van der Waals surface area (Å²) in [7, 11) is 0. The lowest BCUT2D eigenvalue weighted by atomic mass is 10.2. The smallest absolute Gasteiger partial charge is 0.256 e. The average molecular weight is 459 g/mol. The van der Waals surface area contributed by atoms with Crippen molar-refractivity contribution in [1.29, 1.82) is 0 Å². The molecule has 3 aromatic carbocycles. The number of hydrogen-bond acceptors (Lipinski definition) is 5. The Labute approximate surface area is 193 Å². The molecule has 0 spiro atoms. The van der Waals surface area contributed by atoms with Crippen molar-refractivity contribution in [1.82, 2.24) is 15.1 Å². The van der Waals surface area contributed by atoms with Crippen molar-refractivity contribution in [3.63, 3.8) is 0 Å². The molecule has 0 radical (unpaired) electrons. The third-order valence-electron chi connectivity index (χ3n) is 5.02. The number of benzene rings is 3. The molecule has 6 nitrogen and oxygen atoms in total. The number of aromatic nitrogens is 3. The van der Waals surface area contributed by atoms with Crippen LogP contribution in [-0.4, -0.2) is 21.0 Å². The van der Waals surface area contributed by atoms with Crippen LogP contribution in [0, 0.1) is 12.7 Å². The molecule has 2 N–H and O–H groups in total. The number of carbonyl (C=O) groups excluding carboxylic acids is 1. The quantitative estimate of drug-likeness (QED) is 0.296. The molecule has 164 valence electrons. The fraction of sp³-hybridized carbons (Fsp3) is 0.0800. The monoisotopic (exact) mass is 458 g/mol. The van der Waals surface area contributed by atoms with Gasteiger partial charge < -0.3 is 14.8 Å². The lowest BCUT2D eigenvalue weighted by Gasteiger charge is -2.09. The van der Waals surface area contributed by atoms with E-state index in [1.165, 1.54) is 23.9 Å². The molecule has 33 heavy (non-hydrogen) atoms. The van der Waals surface area contributed by atoms with Crippen molar-refractivity contribution in [3.05, 3.63) is 95.6 Å². The van der Waals surface area contributed by atoms with Crippen LogP contribution in [0.25, 0.3) is 22.4 Å². The van der Waals surface area contributed by atoms with Gasteiger partial charge in [-0.15, -0.1) is 11.8 Å². The van der Waals surface area contributed by atoms with Crippen molar-refractivity contribution in [2.45, 2.75) is 17.6 Å². The van der Waals surface area contributed by atoms with Crippen LogP contribution in [0.2, 0.25) is 0 Å². The summed E-state index contributed by atoms with van der Waals surface area (Å²) in [4.78, 5) is 21.6. The molecule has 0 saturated carbocycles. The molecule has 5 rings (SSSR count). The number of imidazole rings is 1. The van der Waals surface area contributed by atoms with Crippen LogP contribution in [0.15, 0.2) is 82.2 Å². The zero-order valence-electron chi connectivity index (χ0n) is 17.6. The highest BCUT2D eigenvalue weighted by Gasteiger charge is 2.14. The highest BCUT2D eigenvalue weighted by atomic mass is 32.2. The van der Waals surface area contributed by atoms with E-state index in [2.05, 4.69) is 20.4 Å². The number of halogens is 1. The molecule has 0 aliphatic rings. The topological polar surface area (TPSA) is 83.8 Å². The van der Waals surface area contributed by atoms with Crippen LogP contribution in [0.4, 0.5) is 10.1 Å². The number of anilines is 1. The second-order valence-corrected chi connectivity index (χ2v) is 8.52. The van der Waals surface area contributed by atoms with Gasteiger partial charge in [-0.3, -0.25) is 4.79 Å². The summed E-state index contributed by atoms with van der Waals surface area (Å²) < 4.78 is 18.8. The van der Waals surface area contributed by atoms with Crippen LogP contribution in [0.3, 0.4) is 0 Å². The molecular weight excluding hydrogens is 439 g/mol. The van der Waals surface area contributed by atoms with E-state index < -0.39 is 0 Å². The van der Waals surface area contributed by atoms with Gasteiger partial charge in [0.1, 0.15) is 17.4 Å². The highest BCUT2D eigenvalue weighted by Crippen LogP contribution is 2.28. The molecule has 0 aliphatic carbocycles. The maximum Gasteiger partial charge on any atom is 0.256 e. The third-order valence-corrected chi connectivity index (χ3v) is 6.11. The van der Waals surface area contributed by atoms with E-state index in [1.54, 1.807) is 24.3 Å². The predicted molar refractivity (Wildman–Crippen MR) is 127 cm³/mol. The number of carbonyl (C=O) groups is 1. The number of H-pyrrole nitrogens is 1. The van der Waals surface area contributed by atoms with Gasteiger partial charge in [-0.1, -0.05) is 29.4 Å². The average Bonchev–Trinajstić information content (AvgIpc) is 3.43. The van der Waals surface area contributed by atoms with Gasteiger partial charge in [0.15, 0.2) is 0 Å². The van der Waals surface area contributed by atoms with Crippen LogP contribution in [0.1, 0.15) is 21.8 Å². The van der Waals surface area contributed by atoms with E-state index >= 15 is 0 Å². The lowest BCUT2D eigenvalue weighted by Crippen LogP contribution is -2.12. The maximum atomic E-state index is 13.6. The van der Waals surface area contributed by atoms with Crippen LogP contribution >= 0.6 is 11.8 Å². The summed E-state index contributed by atoms with van der Waals surface area (Å²) in [5.74, 6) is 1.37. The first-order chi connectivity index (χ1) is 16.0. The third kappa shape index (κ3) is 4.65. The van der Waals surface area contributed by atoms with Gasteiger partial charge in [0.2, 0.25) is 0 Å². The normalized spacial score (nSPS) is 11.1. The number of rotatable bonds is 6. The number of nitrogens with one attached hydrogen (secondary N) is 2. The van der Waals surface area contributed by atoms with Gasteiger partial charge in [-0.25, -0.2) is 9.37 Å². The SMILES string of the molecule is Cc1cc(CSc2ccccc2C(=O)Nc2ccc3nc(-c4cccc(F)c4)[nH]c3c2)on1. The Morgan fingerprint density at radius 1 is 1.09 bits per heavy atom. The minimum atomic E-state index is -0.323. The number of aromatic amines is 1. The molecule has 0 saturated heterocycles. The second-order valence-electron chi connectivity index (χ2n) is 7.50. The van der Waals surface area contributed by atoms with Crippen molar-refractivity contribution < 1.29 is 13.7 Å². The number of nitrogens with zero attached hydrogens (tertiary/aromatic N) is 2. The molecular formula is C25H19FN4O2S. The van der Waals surface area contributed by atoms with Crippen molar-refractivity contribution in [2.75, 3.05) is 5.32 Å². The summed E-state index contributed by atoms with van der Waals surface area (Å²) in [6.45, 7) is 1.87. The Kier molecular flexibility index (Phi) is 5.66. The predicted octanol–water partition coefficient (Wildman–Crippen LogP) is 6.21. The van der Waals surface area contributed by atoms with Gasteiger partial charge in [-0.2, -0.15) is 0 Å². The van der Waals surface area contributed by atoms with Gasteiger partial charge in [0.25, 0.3) is 5.91 Å². The molecule has 0 aliphatic heterocycles. The van der Waals surface area contributed by atoms with Crippen molar-refractivity contribution in [3.8, 4) is 11.4 Å². The molecule has 5 aromatic rings. The first kappa shape index (κ1) is 21.0. The molecule has 0 fully saturated rings. The fourth-order valence-corrected chi connectivity index (χ4v) is 4.40. The summed E-state index contributed by atoms with van der Waals surface area (Å²) in [5.41, 5.74) is 4.16. The van der Waals surface area contributed by atoms with E-state index in [4.69, 9.17) is 4.52 Å². The van der Waals surface area contributed by atoms with E-state index in [0.29, 0.717) is 28.4 Å². The first-order valence-electron chi connectivity index (χ1n) is 10.3. The molecule has 2 aromatic heterocycles. The van der Waals surface area contributed by atoms with Gasteiger partial charge in [0, 0.05) is 22.2 Å². The van der Waals surface area contributed by atoms with E-state index in [9.17, 15) is 9.18 Å². The zero-order valence-corrected chi connectivity index (χ0v) is 18.4. The standard InChI is InChI=1S/C25H19FN4O2S/c1-15-11-19(32-30-15)14-33-23-8-3-2-7-20(23)25(31)27-18-9-10-21-22(13-18)29-24(28-21)16-5-4-6-17(26)12-16/h2-13H,14H2,1H3,(H,27,31)(H,28,29). The summed E-state index contributed by atoms with van der Waals surface area (Å²) in [6.07, 6.45) is 0. The largest absolute Gasteiger partial charge is 0.360 e. The van der Waals surface area contributed by atoms with Crippen LogP contribution < -0.4 is 5.32 Å². The molecule has 8 heteroatoms. The molecule has 1 amide bonds. The highest BCUT2D eigenvalue weighted by molar-refractivity contribution is 7.98. The Bertz CT molecular complexity index is 1460. The Morgan fingerprint density at radius 2 is 1.97 bits per heavy atom. The maximum absolute atomic E-state index is 13.6. The summed E-state index contributed by atoms with van der Waals surface area (Å²) in [6, 6.07) is 21.0. The summed E-state index contributed by atoms with van der Waals surface area (Å²) >= 11 is 1.52. The number of hydrogen-bond donors (Lipinski definition) is 2. The number of thioether (sulfide) groups is 1. The van der Waals surface area contributed by atoms with Crippen molar-refractivity contribution >= 4 is 34.4 Å². The number of fused-ring (bicyclic) bond motifs is 1. The Morgan fingerprint density at radius 3 is 2.79 bits per heavy atom. The first-order valence-corrected chi connectivity index (χ1v) is 11.2. The molecule has 0 unspecified atom stereocenters. The van der Waals surface area contributed by atoms with E-state index in [0.717, 1.165) is 27.4 Å². The minimum Gasteiger partial charge on any atom is -0.360 e. The molecule has 2 heterocycles. The minimum absolute atomic E-state index is 0.212. The molecule has 0 bridgehead atoms. The Balaban J connectivity index is 1.35. The lowest BCUT2D eigenvalue weighted by molar-refractivity contribution is 0.102. The molecule has 0 atom stereocenters. The van der Waals surface area contributed by atoms with Gasteiger partial charge in [-0.05, 0) is 49.4 Å². The zero-order chi connectivity index (χ0) is 22.8. The summed E-state index contributed by atoms with van der Waals surface area (Å²) in [5, 5.41) is 6.85. The van der Waals surface area contributed by atoms with Gasteiger partial charge >= 0.3 is 0 Å². The Hall–Kier alpha value is -3.91. The van der Waals surface area contributed by atoms with E-state index in [-0.39, 0.29) is 11.7 Å². The second kappa shape index (κ2) is 8.91. The van der Waals surface area contributed by atoms with Crippen LogP contribution in [-0.2, 0) is 5.75 Å².